The zero-order valence-corrected chi connectivity index (χ0v) is 16.2. The Kier molecular flexibility index (Phi) is 6.33. The van der Waals surface area contributed by atoms with E-state index in [1.54, 1.807) is 6.07 Å². The van der Waals surface area contributed by atoms with Gasteiger partial charge in [-0.1, -0.05) is 6.58 Å². The van der Waals surface area contributed by atoms with Crippen LogP contribution in [0.15, 0.2) is 23.2 Å². The molecule has 0 unspecified atom stereocenters. The van der Waals surface area contributed by atoms with E-state index in [0.717, 1.165) is 10.7 Å². The molecule has 1 aromatic carbocycles. The minimum atomic E-state index is -0.528. The molecule has 17 heavy (non-hydrogen) atoms. The third kappa shape index (κ3) is 4.42. The van der Waals surface area contributed by atoms with Gasteiger partial charge >= 0.3 is 0 Å². The lowest BCUT2D eigenvalue weighted by molar-refractivity contribution is -0.115. The molecule has 0 spiro atoms. The van der Waals surface area contributed by atoms with E-state index in [9.17, 15) is 9.59 Å². The largest absolute Gasteiger partial charge is 0.288 e. The minimum Gasteiger partial charge on any atom is -0.288 e. The summed E-state index contributed by atoms with van der Waals surface area (Å²) in [4.78, 5) is 23.2. The quantitative estimate of drug-likeness (QED) is 0.308. The summed E-state index contributed by atoms with van der Waals surface area (Å²) >= 11 is 9.29. The van der Waals surface area contributed by atoms with Crippen LogP contribution >= 0.6 is 83.7 Å². The van der Waals surface area contributed by atoms with Gasteiger partial charge in [-0.15, -0.1) is 0 Å². The average Bonchev–Trinajstić information content (AvgIpc) is 2.22. The van der Waals surface area contributed by atoms with Crippen LogP contribution < -0.4 is 5.32 Å². The van der Waals surface area contributed by atoms with Crippen molar-refractivity contribution in [3.8, 4) is 0 Å². The number of hydrogen-bond acceptors (Lipinski definition) is 2. The van der Waals surface area contributed by atoms with E-state index in [-0.39, 0.29) is 4.48 Å². The van der Waals surface area contributed by atoms with Crippen molar-refractivity contribution in [2.75, 3.05) is 0 Å². The van der Waals surface area contributed by atoms with Gasteiger partial charge in [0.15, 0.2) is 0 Å². The number of rotatable bonds is 2. The van der Waals surface area contributed by atoms with Crippen LogP contribution in [-0.4, -0.2) is 11.8 Å². The number of benzene rings is 1. The van der Waals surface area contributed by atoms with Gasteiger partial charge in [0.2, 0.25) is 0 Å². The van der Waals surface area contributed by atoms with Crippen LogP contribution in [0.5, 0.6) is 0 Å². The fraction of sp³-hybridized carbons (Fsp3) is 0. The van der Waals surface area contributed by atoms with Crippen molar-refractivity contribution in [1.82, 2.24) is 5.32 Å². The Bertz CT molecular complexity index is 517. The van der Waals surface area contributed by atoms with E-state index >= 15 is 0 Å². The van der Waals surface area contributed by atoms with Crippen molar-refractivity contribution in [3.63, 3.8) is 0 Å². The van der Waals surface area contributed by atoms with Crippen molar-refractivity contribution in [2.45, 2.75) is 0 Å². The van der Waals surface area contributed by atoms with Crippen LogP contribution in [0.4, 0.5) is 0 Å². The molecule has 0 bridgehead atoms. The minimum absolute atomic E-state index is 0.126. The van der Waals surface area contributed by atoms with Gasteiger partial charge in [0.05, 0.1) is 10.0 Å². The third-order valence-corrected chi connectivity index (χ3v) is 5.74. The normalized spacial score (nSPS) is 9.88. The zero-order chi connectivity index (χ0) is 13.2. The van der Waals surface area contributed by atoms with Gasteiger partial charge in [-0.3, -0.25) is 14.9 Å². The van der Waals surface area contributed by atoms with E-state index in [4.69, 9.17) is 0 Å². The lowest BCUT2D eigenvalue weighted by Gasteiger charge is -2.07. The predicted octanol–water partition coefficient (Wildman–Crippen LogP) is 3.67. The van der Waals surface area contributed by atoms with Gasteiger partial charge in [-0.2, -0.15) is 0 Å². The van der Waals surface area contributed by atoms with Crippen LogP contribution in [0.3, 0.4) is 0 Å². The standard InChI is InChI=1S/C10H5BrI3NO2/c1-4(11)9(16)15-10(17)6-2-5(12)3-7(13)8(6)14/h2-3H,1H2,(H,15,16,17). The van der Waals surface area contributed by atoms with E-state index in [0.29, 0.717) is 5.56 Å². The summed E-state index contributed by atoms with van der Waals surface area (Å²) in [5, 5.41) is 2.26. The van der Waals surface area contributed by atoms with Crippen molar-refractivity contribution in [2.24, 2.45) is 0 Å². The Morgan fingerprint density at radius 3 is 2.35 bits per heavy atom. The second-order valence-electron chi connectivity index (χ2n) is 2.94. The number of nitrogens with one attached hydrogen (secondary N) is 1. The second-order valence-corrected chi connectivity index (χ2v) is 7.38. The van der Waals surface area contributed by atoms with E-state index < -0.39 is 11.8 Å². The summed E-state index contributed by atoms with van der Waals surface area (Å²) in [5.41, 5.74) is 0.490. The van der Waals surface area contributed by atoms with E-state index in [2.05, 4.69) is 95.6 Å². The molecule has 0 saturated heterocycles. The summed E-state index contributed by atoms with van der Waals surface area (Å²) in [6.45, 7) is 3.41. The monoisotopic (exact) mass is 631 g/mol. The summed E-state index contributed by atoms with van der Waals surface area (Å²) in [5.74, 6) is -0.948. The summed E-state index contributed by atoms with van der Waals surface area (Å²) in [6.07, 6.45) is 0. The Morgan fingerprint density at radius 1 is 1.24 bits per heavy atom. The highest BCUT2D eigenvalue weighted by Gasteiger charge is 2.16. The summed E-state index contributed by atoms with van der Waals surface area (Å²) < 4.78 is 2.88. The molecule has 0 aliphatic heterocycles. The molecule has 3 nitrogen and oxygen atoms in total. The van der Waals surface area contributed by atoms with Crippen LogP contribution in [0.25, 0.3) is 0 Å². The zero-order valence-electron chi connectivity index (χ0n) is 8.19. The van der Waals surface area contributed by atoms with E-state index in [1.165, 1.54) is 0 Å². The first kappa shape index (κ1) is 15.8. The Labute approximate surface area is 148 Å². The fourth-order valence-electron chi connectivity index (χ4n) is 0.959. The first-order valence-corrected chi connectivity index (χ1v) is 8.20. The highest BCUT2D eigenvalue weighted by Crippen LogP contribution is 2.22. The lowest BCUT2D eigenvalue weighted by Crippen LogP contribution is -2.31. The molecule has 0 aliphatic rings. The summed E-state index contributed by atoms with van der Waals surface area (Å²) in [6, 6.07) is 3.70. The molecule has 0 aromatic heterocycles. The maximum atomic E-state index is 11.9. The molecule has 7 heteroatoms. The van der Waals surface area contributed by atoms with Gasteiger partial charge in [0.1, 0.15) is 0 Å². The highest BCUT2D eigenvalue weighted by atomic mass is 127. The molecule has 0 radical (unpaired) electrons. The fourth-order valence-corrected chi connectivity index (χ4v) is 3.46. The molecule has 0 heterocycles. The first-order valence-electron chi connectivity index (χ1n) is 4.17. The molecule has 0 atom stereocenters. The van der Waals surface area contributed by atoms with Crippen LogP contribution in [0.2, 0.25) is 0 Å². The molecular formula is C10H5BrI3NO2. The molecule has 0 aliphatic carbocycles. The SMILES string of the molecule is C=C(Br)C(=O)NC(=O)c1cc(I)cc(I)c1I. The number of halogens is 4. The van der Waals surface area contributed by atoms with Crippen molar-refractivity contribution in [3.05, 3.63) is 39.5 Å². The molecule has 1 rings (SSSR count). The summed E-state index contributed by atoms with van der Waals surface area (Å²) in [7, 11) is 0. The maximum Gasteiger partial charge on any atom is 0.264 e. The van der Waals surface area contributed by atoms with Crippen LogP contribution in [0.1, 0.15) is 10.4 Å². The van der Waals surface area contributed by atoms with Crippen LogP contribution in [0, 0.1) is 10.7 Å². The topological polar surface area (TPSA) is 46.2 Å². The smallest absolute Gasteiger partial charge is 0.264 e. The lowest BCUT2D eigenvalue weighted by atomic mass is 10.2. The number of imide groups is 1. The number of carbonyl (C=O) groups excluding carboxylic acids is 2. The van der Waals surface area contributed by atoms with Gasteiger partial charge in [-0.25, -0.2) is 0 Å². The van der Waals surface area contributed by atoms with Gasteiger partial charge in [0.25, 0.3) is 11.8 Å². The van der Waals surface area contributed by atoms with Gasteiger partial charge in [0, 0.05) is 10.7 Å². The number of amides is 2. The first-order chi connectivity index (χ1) is 7.82. The van der Waals surface area contributed by atoms with Crippen molar-refractivity contribution < 1.29 is 9.59 Å². The third-order valence-electron chi connectivity index (χ3n) is 1.71. The second kappa shape index (κ2) is 6.80. The Hall–Kier alpha value is 0.770. The highest BCUT2D eigenvalue weighted by molar-refractivity contribution is 14.1. The maximum absolute atomic E-state index is 11.9. The molecule has 1 aromatic rings. The van der Waals surface area contributed by atoms with Gasteiger partial charge in [-0.05, 0) is 95.8 Å². The molecule has 1 N–H and O–H groups in total. The molecule has 90 valence electrons. The van der Waals surface area contributed by atoms with Crippen molar-refractivity contribution >= 4 is 95.5 Å². The Morgan fingerprint density at radius 2 is 1.82 bits per heavy atom. The predicted molar refractivity (Wildman–Crippen MR) is 95.1 cm³/mol. The van der Waals surface area contributed by atoms with E-state index in [1.807, 2.05) is 6.07 Å². The molecule has 0 fully saturated rings. The number of hydrogen-bond donors (Lipinski definition) is 1. The molecule has 0 saturated carbocycles. The van der Waals surface area contributed by atoms with Crippen molar-refractivity contribution in [1.29, 1.82) is 0 Å². The van der Waals surface area contributed by atoms with Crippen LogP contribution in [-0.2, 0) is 4.79 Å². The average molecular weight is 632 g/mol. The molecular weight excluding hydrogens is 627 g/mol. The Balaban J connectivity index is 3.05. The molecule has 2 amide bonds. The van der Waals surface area contributed by atoms with Gasteiger partial charge < -0.3 is 0 Å². The number of carbonyl (C=O) groups is 2.